The van der Waals surface area contributed by atoms with E-state index in [0.29, 0.717) is 17.5 Å². The Hall–Kier alpha value is -3.36. The quantitative estimate of drug-likeness (QED) is 0.571. The molecule has 162 valence electrons. The maximum atomic E-state index is 13.5. The minimum absolute atomic E-state index is 0.0364. The van der Waals surface area contributed by atoms with Crippen molar-refractivity contribution in [3.8, 4) is 0 Å². The Labute approximate surface area is 184 Å². The van der Waals surface area contributed by atoms with Gasteiger partial charge in [0.1, 0.15) is 5.82 Å². The molecule has 0 unspecified atom stereocenters. The van der Waals surface area contributed by atoms with E-state index in [9.17, 15) is 22.4 Å². The van der Waals surface area contributed by atoms with Crippen molar-refractivity contribution in [1.29, 1.82) is 0 Å². The molecule has 8 heteroatoms. The van der Waals surface area contributed by atoms with Crippen LogP contribution in [0.2, 0.25) is 0 Å². The molecule has 2 aliphatic heterocycles. The fraction of sp³-hybridized carbons (Fsp3) is 0.167. The minimum Gasteiger partial charge on any atom is -0.272 e. The molecule has 32 heavy (non-hydrogen) atoms. The van der Waals surface area contributed by atoms with Gasteiger partial charge in [0.2, 0.25) is 10.0 Å². The molecule has 5 rings (SSSR count). The summed E-state index contributed by atoms with van der Waals surface area (Å²) in [7, 11) is -4.00. The number of amides is 2. The maximum absolute atomic E-state index is 13.5. The zero-order chi connectivity index (χ0) is 22.5. The number of hydrogen-bond donors (Lipinski definition) is 0. The Morgan fingerprint density at radius 1 is 0.844 bits per heavy atom. The number of halogens is 1. The molecule has 0 aliphatic carbocycles. The molecule has 3 aromatic rings. The average molecular weight is 450 g/mol. The zero-order valence-electron chi connectivity index (χ0n) is 16.9. The molecular weight excluding hydrogens is 431 g/mol. The lowest BCUT2D eigenvalue weighted by atomic mass is 9.94. The smallest absolute Gasteiger partial charge is 0.261 e. The van der Waals surface area contributed by atoms with Gasteiger partial charge < -0.3 is 0 Å². The number of sulfonamides is 1. The molecule has 3 aromatic carbocycles. The second kappa shape index (κ2) is 7.65. The highest BCUT2D eigenvalue weighted by Gasteiger charge is 2.42. The molecule has 2 amide bonds. The summed E-state index contributed by atoms with van der Waals surface area (Å²) < 4.78 is 41.7. The normalized spacial score (nSPS) is 18.5. The summed E-state index contributed by atoms with van der Waals surface area (Å²) in [5, 5.41) is 0. The minimum atomic E-state index is -4.00. The molecule has 0 saturated carbocycles. The Bertz CT molecular complexity index is 1300. The van der Waals surface area contributed by atoms with Crippen LogP contribution in [-0.4, -0.2) is 42.5 Å². The molecule has 6 nitrogen and oxygen atoms in total. The number of carbonyl (C=O) groups excluding carboxylic acids is 2. The van der Waals surface area contributed by atoms with Gasteiger partial charge >= 0.3 is 0 Å². The van der Waals surface area contributed by atoms with E-state index in [1.54, 1.807) is 24.3 Å². The van der Waals surface area contributed by atoms with Crippen LogP contribution in [0.3, 0.4) is 0 Å². The second-order valence-corrected chi connectivity index (χ2v) is 9.69. The number of benzene rings is 3. The maximum Gasteiger partial charge on any atom is 0.261 e. The molecular formula is C24H19FN2O4S. The van der Waals surface area contributed by atoms with Crippen molar-refractivity contribution >= 4 is 21.8 Å². The molecule has 0 bridgehead atoms. The Kier molecular flexibility index (Phi) is 4.91. The monoisotopic (exact) mass is 450 g/mol. The van der Waals surface area contributed by atoms with Crippen LogP contribution in [0.15, 0.2) is 77.7 Å². The summed E-state index contributed by atoms with van der Waals surface area (Å²) in [4.78, 5) is 27.0. The van der Waals surface area contributed by atoms with Gasteiger partial charge in [-0.1, -0.05) is 36.4 Å². The number of rotatable bonds is 4. The molecule has 0 fully saturated rings. The first-order valence-corrected chi connectivity index (χ1v) is 11.6. The topological polar surface area (TPSA) is 74.8 Å². The van der Waals surface area contributed by atoms with Gasteiger partial charge in [-0.15, -0.1) is 0 Å². The van der Waals surface area contributed by atoms with Gasteiger partial charge in [-0.3, -0.25) is 14.5 Å². The van der Waals surface area contributed by atoms with Gasteiger partial charge in [0.25, 0.3) is 11.8 Å². The van der Waals surface area contributed by atoms with E-state index in [0.717, 1.165) is 28.2 Å². The highest BCUT2D eigenvalue weighted by Crippen LogP contribution is 2.36. The summed E-state index contributed by atoms with van der Waals surface area (Å²) in [5.41, 5.74) is 2.35. The van der Waals surface area contributed by atoms with Crippen LogP contribution in [0.25, 0.3) is 0 Å². The first-order valence-electron chi connectivity index (χ1n) is 10.2. The van der Waals surface area contributed by atoms with Crippen LogP contribution in [0.1, 0.15) is 37.9 Å². The highest BCUT2D eigenvalue weighted by molar-refractivity contribution is 7.89. The van der Waals surface area contributed by atoms with Gasteiger partial charge in [0.05, 0.1) is 28.6 Å². The van der Waals surface area contributed by atoms with Crippen molar-refractivity contribution in [2.24, 2.45) is 0 Å². The summed E-state index contributed by atoms with van der Waals surface area (Å²) in [6.45, 7) is 0.0777. The molecule has 1 atom stereocenters. The van der Waals surface area contributed by atoms with E-state index in [4.69, 9.17) is 0 Å². The third kappa shape index (κ3) is 3.23. The van der Waals surface area contributed by atoms with Crippen LogP contribution >= 0.6 is 0 Å². The van der Waals surface area contributed by atoms with Gasteiger partial charge in [-0.25, -0.2) is 12.8 Å². The summed E-state index contributed by atoms with van der Waals surface area (Å²) in [6, 6.07) is 17.9. The van der Waals surface area contributed by atoms with Crippen molar-refractivity contribution < 1.29 is 22.4 Å². The molecule has 2 aliphatic rings. The largest absolute Gasteiger partial charge is 0.272 e. The predicted octanol–water partition coefficient (Wildman–Crippen LogP) is 3.41. The van der Waals surface area contributed by atoms with Crippen LogP contribution in [0.5, 0.6) is 0 Å². The molecule has 0 spiro atoms. The lowest BCUT2D eigenvalue weighted by Gasteiger charge is -2.37. The fourth-order valence-corrected chi connectivity index (χ4v) is 6.02. The average Bonchev–Trinajstić information content (AvgIpc) is 3.04. The third-order valence-electron chi connectivity index (χ3n) is 6.02. The van der Waals surface area contributed by atoms with Crippen molar-refractivity contribution in [1.82, 2.24) is 9.21 Å². The van der Waals surface area contributed by atoms with E-state index < -0.39 is 33.7 Å². The zero-order valence-corrected chi connectivity index (χ0v) is 17.8. The summed E-state index contributed by atoms with van der Waals surface area (Å²) >= 11 is 0. The van der Waals surface area contributed by atoms with E-state index in [1.807, 2.05) is 24.3 Å². The van der Waals surface area contributed by atoms with E-state index in [2.05, 4.69) is 0 Å². The van der Waals surface area contributed by atoms with Crippen molar-refractivity contribution in [3.63, 3.8) is 0 Å². The van der Waals surface area contributed by atoms with Gasteiger partial charge in [-0.05, 0) is 53.9 Å². The Morgan fingerprint density at radius 3 is 2.09 bits per heavy atom. The van der Waals surface area contributed by atoms with Crippen molar-refractivity contribution in [3.05, 3.63) is 101 Å². The number of nitrogens with zero attached hydrogens (tertiary/aromatic N) is 2. The molecule has 0 saturated heterocycles. The van der Waals surface area contributed by atoms with Crippen LogP contribution in [0.4, 0.5) is 4.39 Å². The SMILES string of the molecule is O=C1c2ccccc2C(=O)N1C[C@@H]1c2ccccc2CCN1S(=O)(=O)c1ccc(F)cc1. The molecule has 0 radical (unpaired) electrons. The first-order chi connectivity index (χ1) is 15.4. The summed E-state index contributed by atoms with van der Waals surface area (Å²) in [5.74, 6) is -1.41. The third-order valence-corrected chi connectivity index (χ3v) is 7.94. The van der Waals surface area contributed by atoms with Gasteiger partial charge in [-0.2, -0.15) is 4.31 Å². The predicted molar refractivity (Wildman–Crippen MR) is 115 cm³/mol. The van der Waals surface area contributed by atoms with E-state index in [-0.39, 0.29) is 18.0 Å². The van der Waals surface area contributed by atoms with Crippen LogP contribution in [0, 0.1) is 5.82 Å². The lowest BCUT2D eigenvalue weighted by molar-refractivity contribution is 0.0616. The highest BCUT2D eigenvalue weighted by atomic mass is 32.2. The second-order valence-electron chi connectivity index (χ2n) is 7.80. The number of fused-ring (bicyclic) bond motifs is 2. The van der Waals surface area contributed by atoms with Crippen LogP contribution in [-0.2, 0) is 16.4 Å². The first kappa shape index (κ1) is 20.5. The van der Waals surface area contributed by atoms with Crippen LogP contribution < -0.4 is 0 Å². The lowest BCUT2D eigenvalue weighted by Crippen LogP contribution is -2.46. The Balaban J connectivity index is 1.56. The number of carbonyl (C=O) groups is 2. The Morgan fingerprint density at radius 2 is 1.44 bits per heavy atom. The van der Waals surface area contributed by atoms with E-state index >= 15 is 0 Å². The standard InChI is InChI=1S/C24H19FN2O4S/c25-17-9-11-18(12-10-17)32(30,31)27-14-13-16-5-1-2-6-19(16)22(27)15-26-23(28)20-7-3-4-8-21(20)24(26)29/h1-12,22H,13-15H2/t22-/m1/s1. The molecule has 0 N–H and O–H groups in total. The van der Waals surface area contributed by atoms with Gasteiger partial charge in [0, 0.05) is 6.54 Å². The van der Waals surface area contributed by atoms with Crippen molar-refractivity contribution in [2.75, 3.05) is 13.1 Å². The summed E-state index contributed by atoms with van der Waals surface area (Å²) in [6.07, 6.45) is 0.495. The van der Waals surface area contributed by atoms with E-state index in [1.165, 1.54) is 16.4 Å². The molecule has 0 aromatic heterocycles. The number of hydrogen-bond acceptors (Lipinski definition) is 4. The number of imide groups is 1. The fourth-order valence-electron chi connectivity index (χ4n) is 4.43. The van der Waals surface area contributed by atoms with Gasteiger partial charge in [0.15, 0.2) is 0 Å². The van der Waals surface area contributed by atoms with Crippen molar-refractivity contribution in [2.45, 2.75) is 17.4 Å². The molecule has 2 heterocycles.